The Balaban J connectivity index is 0. The highest BCUT2D eigenvalue weighted by atomic mass is 32.2. The highest BCUT2D eigenvalue weighted by molar-refractivity contribution is 7.98. The first kappa shape index (κ1) is 24.9. The summed E-state index contributed by atoms with van der Waals surface area (Å²) in [6.07, 6.45) is 5.38. The molecule has 140 valence electrons. The van der Waals surface area contributed by atoms with Crippen molar-refractivity contribution in [3.8, 4) is 0 Å². The second-order valence-electron chi connectivity index (χ2n) is 4.17. The lowest BCUT2D eigenvalue weighted by Crippen LogP contribution is -2.25. The van der Waals surface area contributed by atoms with Crippen LogP contribution in [0.1, 0.15) is 41.5 Å². The van der Waals surface area contributed by atoms with Crippen LogP contribution in [0.2, 0.25) is 0 Å². The average Bonchev–Trinajstić information content (AvgIpc) is 3.08. The van der Waals surface area contributed by atoms with Crippen LogP contribution in [0.15, 0.2) is 12.7 Å². The summed E-state index contributed by atoms with van der Waals surface area (Å²) < 4.78 is 2.02. The molecule has 7 heteroatoms. The molecule has 24 heavy (non-hydrogen) atoms. The summed E-state index contributed by atoms with van der Waals surface area (Å²) in [7, 11) is 2.12. The van der Waals surface area contributed by atoms with Crippen LogP contribution in [-0.2, 0) is 6.54 Å². The molecule has 0 atom stereocenters. The van der Waals surface area contributed by atoms with Crippen LogP contribution in [-0.4, -0.2) is 56.6 Å². The van der Waals surface area contributed by atoms with Gasteiger partial charge in [0, 0.05) is 25.4 Å². The van der Waals surface area contributed by atoms with Crippen molar-refractivity contribution in [2.45, 2.75) is 48.1 Å². The summed E-state index contributed by atoms with van der Waals surface area (Å²) in [5.74, 6) is 1.59. The molecule has 0 saturated heterocycles. The molecule has 0 aliphatic carbocycles. The third-order valence-electron chi connectivity index (χ3n) is 2.83. The van der Waals surface area contributed by atoms with E-state index in [1.807, 2.05) is 57.9 Å². The van der Waals surface area contributed by atoms with E-state index < -0.39 is 0 Å². The normalized spacial score (nSPS) is 9.38. The summed E-state index contributed by atoms with van der Waals surface area (Å²) in [6, 6.07) is 0. The van der Waals surface area contributed by atoms with Gasteiger partial charge in [0.05, 0.1) is 6.33 Å². The van der Waals surface area contributed by atoms with E-state index in [-0.39, 0.29) is 0 Å². The largest absolute Gasteiger partial charge is 0.382 e. The molecule has 2 rings (SSSR count). The predicted molar refractivity (Wildman–Crippen MR) is 110 cm³/mol. The highest BCUT2D eigenvalue weighted by Gasteiger charge is 2.07. The molecule has 0 unspecified atom stereocenters. The van der Waals surface area contributed by atoms with Crippen molar-refractivity contribution in [2.75, 3.05) is 37.9 Å². The molecule has 2 N–H and O–H groups in total. The summed E-state index contributed by atoms with van der Waals surface area (Å²) in [5, 5.41) is 0. The third kappa shape index (κ3) is 8.49. The van der Waals surface area contributed by atoms with Crippen LogP contribution in [0.3, 0.4) is 0 Å². The summed E-state index contributed by atoms with van der Waals surface area (Å²) in [6.45, 7) is 14.9. The van der Waals surface area contributed by atoms with Gasteiger partial charge < -0.3 is 15.2 Å². The van der Waals surface area contributed by atoms with E-state index in [9.17, 15) is 0 Å². The van der Waals surface area contributed by atoms with Crippen molar-refractivity contribution in [1.29, 1.82) is 0 Å². The van der Waals surface area contributed by atoms with Crippen LogP contribution in [0.25, 0.3) is 11.2 Å². The lowest BCUT2D eigenvalue weighted by Gasteiger charge is -2.16. The number of anilines is 1. The topological polar surface area (TPSA) is 72.9 Å². The minimum atomic E-state index is 0.439. The van der Waals surface area contributed by atoms with Crippen LogP contribution in [0.5, 0.6) is 0 Å². The zero-order valence-electron chi connectivity index (χ0n) is 16.7. The Morgan fingerprint density at radius 2 is 1.67 bits per heavy atom. The SMILES string of the molecule is CC.CC.CC.CSCCN(C)CCn1cnc2c(N)ncnc21. The van der Waals surface area contributed by atoms with Crippen molar-refractivity contribution in [3.63, 3.8) is 0 Å². The molecule has 0 radical (unpaired) electrons. The summed E-state index contributed by atoms with van der Waals surface area (Å²) in [4.78, 5) is 14.7. The monoisotopic (exact) mass is 356 g/mol. The van der Waals surface area contributed by atoms with E-state index in [4.69, 9.17) is 5.73 Å². The van der Waals surface area contributed by atoms with Crippen molar-refractivity contribution < 1.29 is 0 Å². The number of aromatic nitrogens is 4. The maximum atomic E-state index is 5.75. The fourth-order valence-electron chi connectivity index (χ4n) is 1.70. The van der Waals surface area contributed by atoms with E-state index in [0.717, 1.165) is 31.0 Å². The first-order valence-corrected chi connectivity index (χ1v) is 10.2. The van der Waals surface area contributed by atoms with Crippen molar-refractivity contribution in [2.24, 2.45) is 0 Å². The van der Waals surface area contributed by atoms with Gasteiger partial charge in [-0.1, -0.05) is 41.5 Å². The lowest BCUT2D eigenvalue weighted by molar-refractivity contribution is 0.339. The quantitative estimate of drug-likeness (QED) is 0.849. The molecular weight excluding hydrogens is 320 g/mol. The van der Waals surface area contributed by atoms with Crippen LogP contribution in [0, 0.1) is 0 Å². The lowest BCUT2D eigenvalue weighted by atomic mass is 10.5. The van der Waals surface area contributed by atoms with Gasteiger partial charge in [0.2, 0.25) is 0 Å². The van der Waals surface area contributed by atoms with E-state index in [0.29, 0.717) is 11.3 Å². The minimum Gasteiger partial charge on any atom is -0.382 e. The molecule has 6 nitrogen and oxygen atoms in total. The maximum absolute atomic E-state index is 5.75. The number of nitrogens with zero attached hydrogens (tertiary/aromatic N) is 5. The Morgan fingerprint density at radius 1 is 1.04 bits per heavy atom. The van der Waals surface area contributed by atoms with E-state index in [1.54, 1.807) is 6.33 Å². The van der Waals surface area contributed by atoms with Crippen molar-refractivity contribution in [1.82, 2.24) is 24.4 Å². The number of nitrogens with two attached hydrogens (primary N) is 1. The maximum Gasteiger partial charge on any atom is 0.165 e. The number of fused-ring (bicyclic) bond motifs is 1. The Bertz CT molecular complexity index is 515. The van der Waals surface area contributed by atoms with E-state index in [2.05, 4.69) is 33.2 Å². The standard InChI is InChI=1S/C11H18N6S.3C2H6/c1-16(5-6-18-2)3-4-17-8-15-9-10(12)13-7-14-11(9)17;3*1-2/h7-8H,3-6H2,1-2H3,(H2,12,13,14);3*1-2H3. The van der Waals surface area contributed by atoms with Gasteiger partial charge >= 0.3 is 0 Å². The molecule has 0 bridgehead atoms. The number of rotatable bonds is 6. The number of imidazole rings is 1. The number of hydrogen-bond donors (Lipinski definition) is 1. The number of likely N-dealkylation sites (N-methyl/N-ethyl adjacent to an activating group) is 1. The summed E-state index contributed by atoms with van der Waals surface area (Å²) in [5.41, 5.74) is 7.24. The zero-order valence-corrected chi connectivity index (χ0v) is 17.5. The third-order valence-corrected chi connectivity index (χ3v) is 3.42. The predicted octanol–water partition coefficient (Wildman–Crippen LogP) is 3.78. The molecule has 2 aromatic heterocycles. The molecule has 0 amide bonds. The number of thioether (sulfide) groups is 1. The summed E-state index contributed by atoms with van der Waals surface area (Å²) >= 11 is 1.86. The molecular formula is C17H36N6S. The van der Waals surface area contributed by atoms with Gasteiger partial charge in [0.25, 0.3) is 0 Å². The first-order chi connectivity index (χ1) is 11.7. The van der Waals surface area contributed by atoms with Crippen molar-refractivity contribution in [3.05, 3.63) is 12.7 Å². The fraction of sp³-hybridized carbons (Fsp3) is 0.706. The number of nitrogen functional groups attached to an aromatic ring is 1. The highest BCUT2D eigenvalue weighted by Crippen LogP contribution is 2.13. The fourth-order valence-corrected chi connectivity index (χ4v) is 2.19. The Labute approximate surface area is 152 Å². The van der Waals surface area contributed by atoms with Crippen LogP contribution in [0.4, 0.5) is 5.82 Å². The average molecular weight is 357 g/mol. The smallest absolute Gasteiger partial charge is 0.165 e. The second-order valence-corrected chi connectivity index (χ2v) is 5.15. The molecule has 0 aliphatic rings. The van der Waals surface area contributed by atoms with Gasteiger partial charge in [-0.05, 0) is 13.3 Å². The molecule has 0 fully saturated rings. The van der Waals surface area contributed by atoms with Gasteiger partial charge in [0.15, 0.2) is 11.5 Å². The molecule has 0 spiro atoms. The second kappa shape index (κ2) is 16.5. The van der Waals surface area contributed by atoms with Crippen LogP contribution < -0.4 is 5.73 Å². The zero-order chi connectivity index (χ0) is 19.0. The van der Waals surface area contributed by atoms with Gasteiger partial charge in [-0.25, -0.2) is 15.0 Å². The molecule has 0 aliphatic heterocycles. The molecule has 2 heterocycles. The Kier molecular flexibility index (Phi) is 17.1. The molecule has 0 aromatic carbocycles. The van der Waals surface area contributed by atoms with E-state index >= 15 is 0 Å². The Hall–Kier alpha value is -1.34. The van der Waals surface area contributed by atoms with Crippen LogP contribution >= 0.6 is 11.8 Å². The molecule has 0 saturated carbocycles. The first-order valence-electron chi connectivity index (χ1n) is 8.81. The number of hydrogen-bond acceptors (Lipinski definition) is 6. The van der Waals surface area contributed by atoms with Crippen molar-refractivity contribution >= 4 is 28.7 Å². The van der Waals surface area contributed by atoms with Gasteiger partial charge in [-0.3, -0.25) is 0 Å². The minimum absolute atomic E-state index is 0.439. The van der Waals surface area contributed by atoms with Gasteiger partial charge in [-0.15, -0.1) is 0 Å². The van der Waals surface area contributed by atoms with Gasteiger partial charge in [-0.2, -0.15) is 11.8 Å². The van der Waals surface area contributed by atoms with E-state index in [1.165, 1.54) is 6.33 Å². The Morgan fingerprint density at radius 3 is 2.25 bits per heavy atom. The molecule has 2 aromatic rings. The van der Waals surface area contributed by atoms with Gasteiger partial charge in [0.1, 0.15) is 11.8 Å².